The van der Waals surface area contributed by atoms with Crippen LogP contribution in [-0.2, 0) is 9.47 Å². The van der Waals surface area contributed by atoms with Gasteiger partial charge in [-0.15, -0.1) is 6.58 Å². The maximum atomic E-state index is 5.51. The van der Waals surface area contributed by atoms with E-state index in [-0.39, 0.29) is 6.29 Å². The van der Waals surface area contributed by atoms with Gasteiger partial charge in [-0.1, -0.05) is 18.9 Å². The lowest BCUT2D eigenvalue weighted by atomic mass is 10.2. The number of ether oxygens (including phenoxy) is 2. The third kappa shape index (κ3) is 3.88. The Morgan fingerprint density at radius 3 is 2.17 bits per heavy atom. The van der Waals surface area contributed by atoms with E-state index in [4.69, 9.17) is 9.47 Å². The third-order valence-electron chi connectivity index (χ3n) is 2.01. The predicted molar refractivity (Wildman–Crippen MR) is 49.0 cm³/mol. The van der Waals surface area contributed by atoms with Crippen LogP contribution in [0.4, 0.5) is 0 Å². The van der Waals surface area contributed by atoms with Gasteiger partial charge in [-0.3, -0.25) is 0 Å². The summed E-state index contributed by atoms with van der Waals surface area (Å²) in [6, 6.07) is 0. The van der Waals surface area contributed by atoms with Crippen LogP contribution in [0.15, 0.2) is 12.7 Å². The molecule has 0 radical (unpaired) electrons. The van der Waals surface area contributed by atoms with Gasteiger partial charge in [-0.05, 0) is 12.8 Å². The first-order valence-corrected chi connectivity index (χ1v) is 4.77. The van der Waals surface area contributed by atoms with E-state index in [2.05, 4.69) is 6.58 Å². The first-order valence-electron chi connectivity index (χ1n) is 4.77. The van der Waals surface area contributed by atoms with E-state index in [0.717, 1.165) is 32.5 Å². The lowest BCUT2D eigenvalue weighted by molar-refractivity contribution is -0.137. The van der Waals surface area contributed by atoms with Crippen molar-refractivity contribution in [1.82, 2.24) is 0 Å². The normalized spacial score (nSPS) is 22.3. The molecular weight excluding hydrogens is 152 g/mol. The zero-order valence-corrected chi connectivity index (χ0v) is 7.63. The van der Waals surface area contributed by atoms with Gasteiger partial charge in [0, 0.05) is 19.6 Å². The monoisotopic (exact) mass is 170 g/mol. The second-order valence-electron chi connectivity index (χ2n) is 3.11. The molecule has 1 aliphatic heterocycles. The van der Waals surface area contributed by atoms with E-state index >= 15 is 0 Å². The van der Waals surface area contributed by atoms with Gasteiger partial charge in [0.1, 0.15) is 0 Å². The summed E-state index contributed by atoms with van der Waals surface area (Å²) in [5, 5.41) is 0. The summed E-state index contributed by atoms with van der Waals surface area (Å²) >= 11 is 0. The highest BCUT2D eigenvalue weighted by atomic mass is 16.7. The number of hydrogen-bond donors (Lipinski definition) is 0. The van der Waals surface area contributed by atoms with Crippen LogP contribution < -0.4 is 0 Å². The van der Waals surface area contributed by atoms with E-state index in [1.54, 1.807) is 0 Å². The predicted octanol–water partition coefficient (Wildman–Crippen LogP) is 2.50. The quantitative estimate of drug-likeness (QED) is 0.593. The van der Waals surface area contributed by atoms with Crippen LogP contribution in [0.1, 0.15) is 32.1 Å². The first-order chi connectivity index (χ1) is 5.93. The molecule has 2 heteroatoms. The molecule has 0 N–H and O–H groups in total. The molecule has 1 aliphatic rings. The molecule has 0 spiro atoms. The molecule has 12 heavy (non-hydrogen) atoms. The molecule has 0 aromatic carbocycles. The van der Waals surface area contributed by atoms with E-state index in [1.807, 2.05) is 6.08 Å². The molecule has 0 amide bonds. The molecule has 1 fully saturated rings. The zero-order chi connectivity index (χ0) is 8.65. The van der Waals surface area contributed by atoms with E-state index in [9.17, 15) is 0 Å². The first kappa shape index (κ1) is 9.75. The Morgan fingerprint density at radius 1 is 1.08 bits per heavy atom. The van der Waals surface area contributed by atoms with Crippen molar-refractivity contribution in [3.63, 3.8) is 0 Å². The van der Waals surface area contributed by atoms with Crippen LogP contribution in [0.5, 0.6) is 0 Å². The molecule has 0 aliphatic carbocycles. The molecule has 0 saturated carbocycles. The summed E-state index contributed by atoms with van der Waals surface area (Å²) in [6.07, 6.45) is 7.48. The Balaban J connectivity index is 2.23. The van der Waals surface area contributed by atoms with Crippen molar-refractivity contribution in [2.45, 2.75) is 38.4 Å². The van der Waals surface area contributed by atoms with Crippen molar-refractivity contribution in [3.05, 3.63) is 12.7 Å². The molecule has 1 saturated heterocycles. The van der Waals surface area contributed by atoms with Crippen molar-refractivity contribution >= 4 is 0 Å². The molecule has 1 rings (SSSR count). The van der Waals surface area contributed by atoms with Gasteiger partial charge in [0.2, 0.25) is 0 Å². The topological polar surface area (TPSA) is 18.5 Å². The van der Waals surface area contributed by atoms with Gasteiger partial charge in [0.15, 0.2) is 6.29 Å². The van der Waals surface area contributed by atoms with Gasteiger partial charge >= 0.3 is 0 Å². The van der Waals surface area contributed by atoms with Crippen LogP contribution in [-0.4, -0.2) is 19.5 Å². The Labute approximate surface area is 74.6 Å². The Kier molecular flexibility index (Phi) is 5.04. The fourth-order valence-electron chi connectivity index (χ4n) is 1.31. The summed E-state index contributed by atoms with van der Waals surface area (Å²) in [6.45, 7) is 5.34. The molecular formula is C10H18O2. The maximum Gasteiger partial charge on any atom is 0.160 e. The second-order valence-corrected chi connectivity index (χ2v) is 3.11. The fourth-order valence-corrected chi connectivity index (χ4v) is 1.31. The minimum absolute atomic E-state index is 0.0411. The van der Waals surface area contributed by atoms with Crippen LogP contribution in [0.2, 0.25) is 0 Å². The highest BCUT2D eigenvalue weighted by Crippen LogP contribution is 2.10. The molecule has 0 aromatic heterocycles. The second kappa shape index (κ2) is 6.21. The zero-order valence-electron chi connectivity index (χ0n) is 7.63. The van der Waals surface area contributed by atoms with Gasteiger partial charge in [-0.2, -0.15) is 0 Å². The summed E-state index contributed by atoms with van der Waals surface area (Å²) in [5.41, 5.74) is 0. The standard InChI is InChI=1S/C10H18O2/c1-2-7-10-11-8-5-3-4-6-9-12-10/h2,10H,1,3-9H2. The number of hydrogen-bond acceptors (Lipinski definition) is 2. The SMILES string of the molecule is C=CCC1OCCCCCCO1. The van der Waals surface area contributed by atoms with Crippen molar-refractivity contribution < 1.29 is 9.47 Å². The van der Waals surface area contributed by atoms with E-state index < -0.39 is 0 Å². The highest BCUT2D eigenvalue weighted by Gasteiger charge is 2.08. The Bertz CT molecular complexity index is 113. The van der Waals surface area contributed by atoms with Gasteiger partial charge in [0.25, 0.3) is 0 Å². The van der Waals surface area contributed by atoms with Crippen LogP contribution in [0.25, 0.3) is 0 Å². The highest BCUT2D eigenvalue weighted by molar-refractivity contribution is 4.68. The average Bonchev–Trinajstić information content (AvgIpc) is 2.19. The Hall–Kier alpha value is -0.340. The molecule has 0 atom stereocenters. The number of rotatable bonds is 2. The molecule has 0 unspecified atom stereocenters. The largest absolute Gasteiger partial charge is 0.352 e. The summed E-state index contributed by atoms with van der Waals surface area (Å²) in [4.78, 5) is 0. The van der Waals surface area contributed by atoms with E-state index in [0.29, 0.717) is 0 Å². The molecule has 1 heterocycles. The average molecular weight is 170 g/mol. The lowest BCUT2D eigenvalue weighted by Gasteiger charge is -2.15. The lowest BCUT2D eigenvalue weighted by Crippen LogP contribution is -2.16. The maximum absolute atomic E-state index is 5.51. The van der Waals surface area contributed by atoms with Crippen LogP contribution in [0, 0.1) is 0 Å². The minimum Gasteiger partial charge on any atom is -0.352 e. The summed E-state index contributed by atoms with van der Waals surface area (Å²) in [7, 11) is 0. The molecule has 70 valence electrons. The Morgan fingerprint density at radius 2 is 1.67 bits per heavy atom. The third-order valence-corrected chi connectivity index (χ3v) is 2.01. The van der Waals surface area contributed by atoms with Crippen LogP contribution in [0.3, 0.4) is 0 Å². The van der Waals surface area contributed by atoms with Crippen molar-refractivity contribution in [2.75, 3.05) is 13.2 Å². The molecule has 2 nitrogen and oxygen atoms in total. The fraction of sp³-hybridized carbons (Fsp3) is 0.800. The van der Waals surface area contributed by atoms with Crippen molar-refractivity contribution in [3.8, 4) is 0 Å². The smallest absolute Gasteiger partial charge is 0.160 e. The molecule has 0 bridgehead atoms. The van der Waals surface area contributed by atoms with Crippen molar-refractivity contribution in [1.29, 1.82) is 0 Å². The van der Waals surface area contributed by atoms with Gasteiger partial charge in [-0.25, -0.2) is 0 Å². The van der Waals surface area contributed by atoms with Gasteiger partial charge < -0.3 is 9.47 Å². The molecule has 0 aromatic rings. The minimum atomic E-state index is -0.0411. The van der Waals surface area contributed by atoms with Crippen molar-refractivity contribution in [2.24, 2.45) is 0 Å². The van der Waals surface area contributed by atoms with E-state index in [1.165, 1.54) is 12.8 Å². The summed E-state index contributed by atoms with van der Waals surface area (Å²) < 4.78 is 11.0. The summed E-state index contributed by atoms with van der Waals surface area (Å²) in [5.74, 6) is 0. The van der Waals surface area contributed by atoms with Crippen LogP contribution >= 0.6 is 0 Å². The van der Waals surface area contributed by atoms with Gasteiger partial charge in [0.05, 0.1) is 0 Å².